The van der Waals surface area contributed by atoms with E-state index in [-0.39, 0.29) is 6.04 Å². The van der Waals surface area contributed by atoms with E-state index in [1.807, 2.05) is 0 Å². The Bertz CT molecular complexity index is 423. The average Bonchev–Trinajstić information content (AvgIpc) is 2.26. The van der Waals surface area contributed by atoms with E-state index in [0.717, 1.165) is 19.6 Å². The maximum Gasteiger partial charge on any atom is 0.0678 e. The molecule has 2 N–H and O–H groups in total. The minimum Gasteiger partial charge on any atom is -0.373 e. The Hall–Kier alpha value is -0.900. The molecule has 1 aliphatic rings. The van der Waals surface area contributed by atoms with E-state index < -0.39 is 0 Å². The minimum absolute atomic E-state index is 0.0816. The lowest BCUT2D eigenvalue weighted by atomic mass is 9.99. The highest BCUT2D eigenvalue weighted by atomic mass is 16.5. The normalized spacial score (nSPS) is 26.4. The molecule has 2 rings (SSSR count). The van der Waals surface area contributed by atoms with Crippen LogP contribution in [0.4, 0.5) is 0 Å². The van der Waals surface area contributed by atoms with Crippen molar-refractivity contribution in [1.29, 1.82) is 0 Å². The minimum atomic E-state index is 0.0816. The molecule has 1 heterocycles. The Balaban J connectivity index is 2.02. The second-order valence-electron chi connectivity index (χ2n) is 5.94. The van der Waals surface area contributed by atoms with Crippen LogP contribution in [0.25, 0.3) is 0 Å². The van der Waals surface area contributed by atoms with Gasteiger partial charge in [0.2, 0.25) is 0 Å². The Labute approximate surface area is 116 Å². The standard InChI is InChI=1S/C16H26N2O/c1-11-5-6-15(12(2)7-11)16(17)10-18-8-13(3)19-14(4)9-18/h5-7,13-14,16H,8-10,17H2,1-4H3. The van der Waals surface area contributed by atoms with Crippen molar-refractivity contribution in [1.82, 2.24) is 4.90 Å². The van der Waals surface area contributed by atoms with Gasteiger partial charge >= 0.3 is 0 Å². The summed E-state index contributed by atoms with van der Waals surface area (Å²) >= 11 is 0. The van der Waals surface area contributed by atoms with Gasteiger partial charge in [0.05, 0.1) is 12.2 Å². The van der Waals surface area contributed by atoms with Crippen LogP contribution in [-0.2, 0) is 4.74 Å². The van der Waals surface area contributed by atoms with Crippen molar-refractivity contribution in [3.05, 3.63) is 34.9 Å². The predicted molar refractivity (Wildman–Crippen MR) is 79.3 cm³/mol. The molecule has 1 fully saturated rings. The smallest absolute Gasteiger partial charge is 0.0678 e. The maximum absolute atomic E-state index is 6.39. The maximum atomic E-state index is 6.39. The van der Waals surface area contributed by atoms with Crippen LogP contribution in [0.2, 0.25) is 0 Å². The zero-order chi connectivity index (χ0) is 14.0. The van der Waals surface area contributed by atoms with Crippen molar-refractivity contribution < 1.29 is 4.74 Å². The third-order valence-corrected chi connectivity index (χ3v) is 3.77. The number of ether oxygens (including phenoxy) is 1. The second kappa shape index (κ2) is 6.04. The van der Waals surface area contributed by atoms with Gasteiger partial charge in [-0.15, -0.1) is 0 Å². The van der Waals surface area contributed by atoms with E-state index in [4.69, 9.17) is 10.5 Å². The fourth-order valence-corrected chi connectivity index (χ4v) is 3.05. The lowest BCUT2D eigenvalue weighted by Gasteiger charge is -2.36. The predicted octanol–water partition coefficient (Wildman–Crippen LogP) is 2.41. The Morgan fingerprint density at radius 3 is 2.47 bits per heavy atom. The fourth-order valence-electron chi connectivity index (χ4n) is 3.05. The van der Waals surface area contributed by atoms with Crippen molar-refractivity contribution in [3.8, 4) is 0 Å². The first-order chi connectivity index (χ1) is 8.95. The molecule has 3 unspecified atom stereocenters. The first kappa shape index (κ1) is 14.5. The highest BCUT2D eigenvalue weighted by Gasteiger charge is 2.24. The Morgan fingerprint density at radius 1 is 1.26 bits per heavy atom. The molecular formula is C16H26N2O. The highest BCUT2D eigenvalue weighted by molar-refractivity contribution is 5.32. The van der Waals surface area contributed by atoms with Crippen molar-refractivity contribution in [3.63, 3.8) is 0 Å². The molecule has 0 bridgehead atoms. The van der Waals surface area contributed by atoms with Crippen LogP contribution in [-0.4, -0.2) is 36.7 Å². The SMILES string of the molecule is Cc1ccc(C(N)CN2CC(C)OC(C)C2)c(C)c1. The van der Waals surface area contributed by atoms with E-state index in [9.17, 15) is 0 Å². The largest absolute Gasteiger partial charge is 0.373 e. The molecule has 1 saturated heterocycles. The Morgan fingerprint density at radius 2 is 1.89 bits per heavy atom. The van der Waals surface area contributed by atoms with E-state index >= 15 is 0 Å². The number of rotatable bonds is 3. The molecule has 3 nitrogen and oxygen atoms in total. The van der Waals surface area contributed by atoms with Gasteiger partial charge in [-0.3, -0.25) is 4.90 Å². The van der Waals surface area contributed by atoms with Gasteiger partial charge in [-0.2, -0.15) is 0 Å². The zero-order valence-corrected chi connectivity index (χ0v) is 12.5. The summed E-state index contributed by atoms with van der Waals surface area (Å²) in [6.45, 7) is 11.4. The van der Waals surface area contributed by atoms with Crippen molar-refractivity contribution >= 4 is 0 Å². The van der Waals surface area contributed by atoms with Crippen molar-refractivity contribution in [2.75, 3.05) is 19.6 Å². The van der Waals surface area contributed by atoms with Gasteiger partial charge in [-0.25, -0.2) is 0 Å². The molecule has 0 saturated carbocycles. The zero-order valence-electron chi connectivity index (χ0n) is 12.5. The highest BCUT2D eigenvalue weighted by Crippen LogP contribution is 2.20. The van der Waals surface area contributed by atoms with Crippen LogP contribution in [0.5, 0.6) is 0 Å². The van der Waals surface area contributed by atoms with Crippen LogP contribution in [0.1, 0.15) is 36.6 Å². The second-order valence-corrected chi connectivity index (χ2v) is 5.94. The average molecular weight is 262 g/mol. The molecule has 1 aromatic rings. The molecule has 106 valence electrons. The van der Waals surface area contributed by atoms with Crippen molar-refractivity contribution in [2.24, 2.45) is 5.73 Å². The number of hydrogen-bond donors (Lipinski definition) is 1. The fraction of sp³-hybridized carbons (Fsp3) is 0.625. The van der Waals surface area contributed by atoms with Crippen LogP contribution in [0.3, 0.4) is 0 Å². The van der Waals surface area contributed by atoms with Crippen LogP contribution in [0, 0.1) is 13.8 Å². The molecule has 0 amide bonds. The first-order valence-electron chi connectivity index (χ1n) is 7.16. The summed E-state index contributed by atoms with van der Waals surface area (Å²) < 4.78 is 5.76. The summed E-state index contributed by atoms with van der Waals surface area (Å²) in [7, 11) is 0. The molecule has 0 radical (unpaired) electrons. The lowest BCUT2D eigenvalue weighted by Crippen LogP contribution is -2.47. The Kier molecular flexibility index (Phi) is 4.61. The van der Waals surface area contributed by atoms with E-state index in [1.54, 1.807) is 0 Å². The lowest BCUT2D eigenvalue weighted by molar-refractivity contribution is -0.0691. The van der Waals surface area contributed by atoms with Crippen LogP contribution < -0.4 is 5.73 Å². The molecule has 19 heavy (non-hydrogen) atoms. The number of hydrogen-bond acceptors (Lipinski definition) is 3. The van der Waals surface area contributed by atoms with E-state index in [0.29, 0.717) is 12.2 Å². The van der Waals surface area contributed by atoms with E-state index in [2.05, 4.69) is 50.8 Å². The van der Waals surface area contributed by atoms with Gasteiger partial charge in [-0.1, -0.05) is 23.8 Å². The third-order valence-electron chi connectivity index (χ3n) is 3.77. The molecule has 1 aliphatic heterocycles. The first-order valence-corrected chi connectivity index (χ1v) is 7.16. The molecule has 1 aromatic carbocycles. The summed E-state index contributed by atoms with van der Waals surface area (Å²) in [5.74, 6) is 0. The molecule has 0 aromatic heterocycles. The van der Waals surface area contributed by atoms with Gasteiger partial charge in [0.15, 0.2) is 0 Å². The summed E-state index contributed by atoms with van der Waals surface area (Å²) in [6.07, 6.45) is 0.602. The van der Waals surface area contributed by atoms with Gasteiger partial charge in [0.1, 0.15) is 0 Å². The van der Waals surface area contributed by atoms with Crippen LogP contribution >= 0.6 is 0 Å². The topological polar surface area (TPSA) is 38.5 Å². The summed E-state index contributed by atoms with van der Waals surface area (Å²) in [5, 5.41) is 0. The van der Waals surface area contributed by atoms with Crippen LogP contribution in [0.15, 0.2) is 18.2 Å². The summed E-state index contributed by atoms with van der Waals surface area (Å²) in [4.78, 5) is 2.42. The summed E-state index contributed by atoms with van der Waals surface area (Å²) in [6, 6.07) is 6.60. The van der Waals surface area contributed by atoms with Gasteiger partial charge in [0.25, 0.3) is 0 Å². The quantitative estimate of drug-likeness (QED) is 0.909. The monoisotopic (exact) mass is 262 g/mol. The number of morpholine rings is 1. The molecule has 3 atom stereocenters. The molecular weight excluding hydrogens is 236 g/mol. The molecule has 0 aliphatic carbocycles. The number of benzene rings is 1. The molecule has 3 heteroatoms. The van der Waals surface area contributed by atoms with Gasteiger partial charge in [0, 0.05) is 25.7 Å². The number of aryl methyl sites for hydroxylation is 2. The number of nitrogens with two attached hydrogens (primary N) is 1. The third kappa shape index (κ3) is 3.78. The number of nitrogens with zero attached hydrogens (tertiary/aromatic N) is 1. The van der Waals surface area contributed by atoms with Gasteiger partial charge in [-0.05, 0) is 38.8 Å². The van der Waals surface area contributed by atoms with Crippen molar-refractivity contribution in [2.45, 2.75) is 45.9 Å². The van der Waals surface area contributed by atoms with Gasteiger partial charge < -0.3 is 10.5 Å². The van der Waals surface area contributed by atoms with E-state index in [1.165, 1.54) is 16.7 Å². The summed E-state index contributed by atoms with van der Waals surface area (Å²) in [5.41, 5.74) is 10.2. The molecule has 0 spiro atoms.